The number of fused-ring (bicyclic) bond motifs is 1. The SMILES string of the molecule is COc1ccc(C(=O)N[C@H]2CC[C@@H](Nc3ccnc4cc(Cl)ccc34)CC2)cc1OC. The number of nitrogens with one attached hydrogen (secondary N) is 2. The lowest BCUT2D eigenvalue weighted by atomic mass is 9.90. The molecule has 2 aromatic carbocycles. The molecular formula is C24H26ClN3O3. The van der Waals surface area contributed by atoms with Crippen molar-refractivity contribution in [1.29, 1.82) is 0 Å². The van der Waals surface area contributed by atoms with E-state index in [1.807, 2.05) is 24.3 Å². The Morgan fingerprint density at radius 2 is 1.71 bits per heavy atom. The van der Waals surface area contributed by atoms with Crippen molar-refractivity contribution in [3.05, 3.63) is 59.2 Å². The van der Waals surface area contributed by atoms with Gasteiger partial charge in [-0.25, -0.2) is 0 Å². The third-order valence-electron chi connectivity index (χ3n) is 5.77. The first kappa shape index (κ1) is 21.2. The molecule has 162 valence electrons. The van der Waals surface area contributed by atoms with Crippen molar-refractivity contribution in [2.75, 3.05) is 19.5 Å². The van der Waals surface area contributed by atoms with Gasteiger partial charge in [0, 0.05) is 39.9 Å². The van der Waals surface area contributed by atoms with Crippen molar-refractivity contribution in [1.82, 2.24) is 10.3 Å². The average Bonchev–Trinajstić information content (AvgIpc) is 2.79. The number of aromatic nitrogens is 1. The monoisotopic (exact) mass is 439 g/mol. The van der Waals surface area contributed by atoms with Gasteiger partial charge >= 0.3 is 0 Å². The summed E-state index contributed by atoms with van der Waals surface area (Å²) in [7, 11) is 3.14. The van der Waals surface area contributed by atoms with Crippen molar-refractivity contribution in [2.45, 2.75) is 37.8 Å². The summed E-state index contributed by atoms with van der Waals surface area (Å²) in [5, 5.41) is 8.56. The lowest BCUT2D eigenvalue weighted by Gasteiger charge is -2.30. The highest BCUT2D eigenvalue weighted by Gasteiger charge is 2.23. The first-order chi connectivity index (χ1) is 15.1. The predicted octanol–water partition coefficient (Wildman–Crippen LogP) is 5.06. The number of pyridine rings is 1. The van der Waals surface area contributed by atoms with Gasteiger partial charge in [-0.2, -0.15) is 0 Å². The minimum Gasteiger partial charge on any atom is -0.493 e. The summed E-state index contributed by atoms with van der Waals surface area (Å²) >= 11 is 6.09. The van der Waals surface area contributed by atoms with E-state index in [0.717, 1.165) is 42.3 Å². The van der Waals surface area contributed by atoms with Crippen LogP contribution in [0.3, 0.4) is 0 Å². The highest BCUT2D eigenvalue weighted by atomic mass is 35.5. The molecule has 1 fully saturated rings. The van der Waals surface area contributed by atoms with Gasteiger partial charge in [0.15, 0.2) is 11.5 Å². The van der Waals surface area contributed by atoms with Crippen LogP contribution in [0.25, 0.3) is 10.9 Å². The van der Waals surface area contributed by atoms with E-state index in [-0.39, 0.29) is 11.9 Å². The summed E-state index contributed by atoms with van der Waals surface area (Å²) in [4.78, 5) is 17.1. The highest BCUT2D eigenvalue weighted by molar-refractivity contribution is 6.31. The number of methoxy groups -OCH3 is 2. The van der Waals surface area contributed by atoms with E-state index in [4.69, 9.17) is 21.1 Å². The van der Waals surface area contributed by atoms with E-state index in [2.05, 4.69) is 15.6 Å². The van der Waals surface area contributed by atoms with Crippen LogP contribution in [0.5, 0.6) is 11.5 Å². The second-order valence-corrected chi connectivity index (χ2v) is 8.19. The second kappa shape index (κ2) is 9.43. The van der Waals surface area contributed by atoms with E-state index in [0.29, 0.717) is 28.1 Å². The third kappa shape index (κ3) is 4.85. The Morgan fingerprint density at radius 1 is 0.968 bits per heavy atom. The number of hydrogen-bond acceptors (Lipinski definition) is 5. The van der Waals surface area contributed by atoms with Crippen molar-refractivity contribution in [3.63, 3.8) is 0 Å². The van der Waals surface area contributed by atoms with Gasteiger partial charge in [0.2, 0.25) is 0 Å². The maximum absolute atomic E-state index is 12.7. The van der Waals surface area contributed by atoms with Crippen LogP contribution in [0.1, 0.15) is 36.0 Å². The number of halogens is 1. The molecule has 0 radical (unpaired) electrons. The fourth-order valence-corrected chi connectivity index (χ4v) is 4.26. The number of amides is 1. The normalized spacial score (nSPS) is 18.4. The average molecular weight is 440 g/mol. The molecule has 0 unspecified atom stereocenters. The molecule has 31 heavy (non-hydrogen) atoms. The number of ether oxygens (including phenoxy) is 2. The van der Waals surface area contributed by atoms with Crippen molar-refractivity contribution in [3.8, 4) is 11.5 Å². The lowest BCUT2D eigenvalue weighted by molar-refractivity contribution is 0.0926. The zero-order valence-corrected chi connectivity index (χ0v) is 18.4. The minimum atomic E-state index is -0.0885. The molecule has 3 aromatic rings. The molecule has 1 aliphatic rings. The van der Waals surface area contributed by atoms with Crippen LogP contribution in [-0.2, 0) is 0 Å². The molecule has 1 heterocycles. The van der Waals surface area contributed by atoms with Gasteiger partial charge in [-0.05, 0) is 68.1 Å². The zero-order chi connectivity index (χ0) is 21.8. The topological polar surface area (TPSA) is 72.5 Å². The van der Waals surface area contributed by atoms with Gasteiger partial charge < -0.3 is 20.1 Å². The fraction of sp³-hybridized carbons (Fsp3) is 0.333. The molecule has 7 heteroatoms. The standard InChI is InChI=1S/C24H26ClN3O3/c1-30-22-10-3-15(13-23(22)31-2)24(29)28-18-7-5-17(6-8-18)27-20-11-12-26-21-14-16(25)4-9-19(20)21/h3-4,9-14,17-18H,5-8H2,1-2H3,(H,26,27)(H,28,29)/t17-,18+. The summed E-state index contributed by atoms with van der Waals surface area (Å²) in [6.45, 7) is 0. The molecule has 1 saturated carbocycles. The van der Waals surface area contributed by atoms with Crippen LogP contribution < -0.4 is 20.1 Å². The van der Waals surface area contributed by atoms with Crippen molar-refractivity contribution >= 4 is 34.1 Å². The summed E-state index contributed by atoms with van der Waals surface area (Å²) < 4.78 is 10.5. The Balaban J connectivity index is 1.35. The van der Waals surface area contributed by atoms with Gasteiger partial charge in [0.1, 0.15) is 0 Å². The van der Waals surface area contributed by atoms with Gasteiger partial charge in [-0.1, -0.05) is 11.6 Å². The second-order valence-electron chi connectivity index (χ2n) is 7.76. The van der Waals surface area contributed by atoms with Gasteiger partial charge in [-0.15, -0.1) is 0 Å². The molecule has 0 bridgehead atoms. The molecule has 1 aromatic heterocycles. The first-order valence-electron chi connectivity index (χ1n) is 10.4. The Bertz CT molecular complexity index is 1080. The van der Waals surface area contributed by atoms with E-state index >= 15 is 0 Å². The van der Waals surface area contributed by atoms with E-state index in [1.54, 1.807) is 38.6 Å². The number of hydrogen-bond donors (Lipinski definition) is 2. The molecule has 0 aliphatic heterocycles. The molecule has 0 atom stereocenters. The van der Waals surface area contributed by atoms with Crippen molar-refractivity contribution < 1.29 is 14.3 Å². The fourth-order valence-electron chi connectivity index (χ4n) is 4.10. The molecule has 0 spiro atoms. The Hall–Kier alpha value is -2.99. The summed E-state index contributed by atoms with van der Waals surface area (Å²) in [5.41, 5.74) is 2.52. The van der Waals surface area contributed by atoms with Gasteiger partial charge in [0.25, 0.3) is 5.91 Å². The van der Waals surface area contributed by atoms with E-state index in [9.17, 15) is 4.79 Å². The molecule has 6 nitrogen and oxygen atoms in total. The summed E-state index contributed by atoms with van der Waals surface area (Å²) in [6.07, 6.45) is 5.61. The van der Waals surface area contributed by atoms with Gasteiger partial charge in [0.05, 0.1) is 19.7 Å². The molecule has 0 saturated heterocycles. The molecule has 1 aliphatic carbocycles. The molecule has 4 rings (SSSR count). The van der Waals surface area contributed by atoms with E-state index in [1.165, 1.54) is 0 Å². The number of anilines is 1. The molecule has 2 N–H and O–H groups in total. The van der Waals surface area contributed by atoms with E-state index < -0.39 is 0 Å². The predicted molar refractivity (Wildman–Crippen MR) is 123 cm³/mol. The molecular weight excluding hydrogens is 414 g/mol. The Morgan fingerprint density at radius 3 is 2.45 bits per heavy atom. The van der Waals surface area contributed by atoms with Crippen LogP contribution in [-0.4, -0.2) is 37.2 Å². The van der Waals surface area contributed by atoms with Gasteiger partial charge in [-0.3, -0.25) is 9.78 Å². The van der Waals surface area contributed by atoms with Crippen LogP contribution in [0.2, 0.25) is 5.02 Å². The third-order valence-corrected chi connectivity index (χ3v) is 6.01. The first-order valence-corrected chi connectivity index (χ1v) is 10.8. The smallest absolute Gasteiger partial charge is 0.251 e. The largest absolute Gasteiger partial charge is 0.493 e. The van der Waals surface area contributed by atoms with Crippen LogP contribution in [0, 0.1) is 0 Å². The summed E-state index contributed by atoms with van der Waals surface area (Å²) in [5.74, 6) is 1.07. The highest BCUT2D eigenvalue weighted by Crippen LogP contribution is 2.29. The zero-order valence-electron chi connectivity index (χ0n) is 17.7. The van der Waals surface area contributed by atoms with Crippen LogP contribution in [0.15, 0.2) is 48.7 Å². The number of rotatable bonds is 6. The van der Waals surface area contributed by atoms with Crippen molar-refractivity contribution in [2.24, 2.45) is 0 Å². The minimum absolute atomic E-state index is 0.0885. The van der Waals surface area contributed by atoms with Crippen LogP contribution >= 0.6 is 11.6 Å². The maximum Gasteiger partial charge on any atom is 0.251 e. The number of carbonyl (C=O) groups is 1. The quantitative estimate of drug-likeness (QED) is 0.561. The number of carbonyl (C=O) groups excluding carboxylic acids is 1. The molecule has 1 amide bonds. The number of benzene rings is 2. The Labute approximate surface area is 186 Å². The number of nitrogens with zero attached hydrogens (tertiary/aromatic N) is 1. The summed E-state index contributed by atoms with van der Waals surface area (Å²) in [6, 6.07) is 13.5. The lowest BCUT2D eigenvalue weighted by Crippen LogP contribution is -2.40. The van der Waals surface area contributed by atoms with Crippen LogP contribution in [0.4, 0.5) is 5.69 Å². The maximum atomic E-state index is 12.7. The Kier molecular flexibility index (Phi) is 6.47.